The Morgan fingerprint density at radius 2 is 2.40 bits per heavy atom. The third kappa shape index (κ3) is 0.722. The van der Waals surface area contributed by atoms with Crippen LogP contribution in [0, 0.1) is 0 Å². The van der Waals surface area contributed by atoms with Crippen LogP contribution in [0.5, 0.6) is 0 Å². The van der Waals surface area contributed by atoms with Gasteiger partial charge in [0.05, 0.1) is 12.2 Å². The Labute approximate surface area is 61.7 Å². The van der Waals surface area contributed by atoms with Gasteiger partial charge in [-0.05, 0) is 25.7 Å². The molecular formula is C8H15NO. The standard InChI is InChI=1S/C8H15NO/c1-2-8(9)5-6-3-4-7(8)10-6/h6-7H,2-5,9H2,1H3. The van der Waals surface area contributed by atoms with E-state index >= 15 is 0 Å². The van der Waals surface area contributed by atoms with E-state index in [2.05, 4.69) is 6.92 Å². The van der Waals surface area contributed by atoms with E-state index in [-0.39, 0.29) is 5.54 Å². The van der Waals surface area contributed by atoms with Gasteiger partial charge >= 0.3 is 0 Å². The molecule has 58 valence electrons. The lowest BCUT2D eigenvalue weighted by Crippen LogP contribution is -2.47. The van der Waals surface area contributed by atoms with Gasteiger partial charge in [-0.3, -0.25) is 0 Å². The van der Waals surface area contributed by atoms with Gasteiger partial charge in [0.15, 0.2) is 0 Å². The fourth-order valence-corrected chi connectivity index (χ4v) is 2.21. The van der Waals surface area contributed by atoms with Crippen LogP contribution in [0.25, 0.3) is 0 Å². The van der Waals surface area contributed by atoms with E-state index in [1.807, 2.05) is 0 Å². The Balaban J connectivity index is 2.14. The molecule has 0 aliphatic carbocycles. The summed E-state index contributed by atoms with van der Waals surface area (Å²) in [6, 6.07) is 0. The third-order valence-corrected chi connectivity index (χ3v) is 3.01. The van der Waals surface area contributed by atoms with Gasteiger partial charge in [0.1, 0.15) is 0 Å². The lowest BCUT2D eigenvalue weighted by atomic mass is 9.81. The van der Waals surface area contributed by atoms with Crippen molar-refractivity contribution in [1.82, 2.24) is 0 Å². The molecule has 0 radical (unpaired) electrons. The number of rotatable bonds is 1. The van der Waals surface area contributed by atoms with E-state index in [4.69, 9.17) is 10.5 Å². The predicted octanol–water partition coefficient (Wildman–Crippen LogP) is 1.05. The summed E-state index contributed by atoms with van der Waals surface area (Å²) in [5, 5.41) is 0. The smallest absolute Gasteiger partial charge is 0.0760 e. The van der Waals surface area contributed by atoms with Crippen molar-refractivity contribution in [3.05, 3.63) is 0 Å². The summed E-state index contributed by atoms with van der Waals surface area (Å²) in [7, 11) is 0. The molecule has 2 heteroatoms. The third-order valence-electron chi connectivity index (χ3n) is 3.01. The summed E-state index contributed by atoms with van der Waals surface area (Å²) in [5.74, 6) is 0. The van der Waals surface area contributed by atoms with Crippen LogP contribution in [0.1, 0.15) is 32.6 Å². The van der Waals surface area contributed by atoms with E-state index in [1.54, 1.807) is 0 Å². The largest absolute Gasteiger partial charge is 0.373 e. The highest BCUT2D eigenvalue weighted by molar-refractivity contribution is 5.03. The van der Waals surface area contributed by atoms with Crippen molar-refractivity contribution < 1.29 is 4.74 Å². The van der Waals surface area contributed by atoms with Crippen LogP contribution in [0.15, 0.2) is 0 Å². The van der Waals surface area contributed by atoms with Crippen molar-refractivity contribution in [3.63, 3.8) is 0 Å². The lowest BCUT2D eigenvalue weighted by molar-refractivity contribution is 0.0849. The Kier molecular flexibility index (Phi) is 1.29. The topological polar surface area (TPSA) is 35.2 Å². The molecule has 3 unspecified atom stereocenters. The molecule has 2 bridgehead atoms. The van der Waals surface area contributed by atoms with Gasteiger partial charge in [0.25, 0.3) is 0 Å². The van der Waals surface area contributed by atoms with Crippen molar-refractivity contribution in [2.24, 2.45) is 5.73 Å². The second-order valence-electron chi connectivity index (χ2n) is 3.61. The van der Waals surface area contributed by atoms with E-state index in [9.17, 15) is 0 Å². The Bertz CT molecular complexity index is 148. The Hall–Kier alpha value is -0.0800. The number of hydrogen-bond acceptors (Lipinski definition) is 2. The normalized spacial score (nSPS) is 52.2. The molecule has 10 heavy (non-hydrogen) atoms. The zero-order valence-electron chi connectivity index (χ0n) is 6.47. The number of fused-ring (bicyclic) bond motifs is 2. The molecular weight excluding hydrogens is 126 g/mol. The van der Waals surface area contributed by atoms with Crippen molar-refractivity contribution in [1.29, 1.82) is 0 Å². The highest BCUT2D eigenvalue weighted by Crippen LogP contribution is 2.41. The van der Waals surface area contributed by atoms with Crippen LogP contribution in [-0.2, 0) is 4.74 Å². The monoisotopic (exact) mass is 141 g/mol. The second-order valence-corrected chi connectivity index (χ2v) is 3.61. The lowest BCUT2D eigenvalue weighted by Gasteiger charge is -2.29. The SMILES string of the molecule is CCC1(N)CC2CCC1O2. The zero-order chi connectivity index (χ0) is 7.19. The second kappa shape index (κ2) is 1.95. The molecule has 0 spiro atoms. The molecule has 2 nitrogen and oxygen atoms in total. The first kappa shape index (κ1) is 6.62. The maximum Gasteiger partial charge on any atom is 0.0760 e. The fraction of sp³-hybridized carbons (Fsp3) is 1.00. The summed E-state index contributed by atoms with van der Waals surface area (Å²) in [6.45, 7) is 2.16. The molecule has 2 N–H and O–H groups in total. The number of hydrogen-bond donors (Lipinski definition) is 1. The van der Waals surface area contributed by atoms with Crippen LogP contribution < -0.4 is 5.73 Å². The van der Waals surface area contributed by atoms with Crippen LogP contribution >= 0.6 is 0 Å². The molecule has 3 atom stereocenters. The van der Waals surface area contributed by atoms with Crippen LogP contribution in [0.2, 0.25) is 0 Å². The minimum absolute atomic E-state index is 0.0307. The van der Waals surface area contributed by atoms with Gasteiger partial charge in [-0.2, -0.15) is 0 Å². The summed E-state index contributed by atoms with van der Waals surface area (Å²) in [5.41, 5.74) is 6.15. The fourth-order valence-electron chi connectivity index (χ4n) is 2.21. The first-order valence-electron chi connectivity index (χ1n) is 4.19. The van der Waals surface area contributed by atoms with Crippen molar-refractivity contribution in [3.8, 4) is 0 Å². The molecule has 0 saturated carbocycles. The molecule has 2 fully saturated rings. The predicted molar refractivity (Wildman–Crippen MR) is 39.7 cm³/mol. The Morgan fingerprint density at radius 3 is 2.70 bits per heavy atom. The van der Waals surface area contributed by atoms with Crippen LogP contribution in [0.4, 0.5) is 0 Å². The summed E-state index contributed by atoms with van der Waals surface area (Å²) < 4.78 is 5.65. The van der Waals surface area contributed by atoms with E-state index < -0.39 is 0 Å². The quantitative estimate of drug-likeness (QED) is 0.592. The Morgan fingerprint density at radius 1 is 1.60 bits per heavy atom. The molecule has 2 heterocycles. The van der Waals surface area contributed by atoms with Gasteiger partial charge in [-0.15, -0.1) is 0 Å². The van der Waals surface area contributed by atoms with Crippen molar-refractivity contribution in [2.75, 3.05) is 0 Å². The summed E-state index contributed by atoms with van der Waals surface area (Å²) in [6.07, 6.45) is 5.46. The average molecular weight is 141 g/mol. The van der Waals surface area contributed by atoms with Crippen molar-refractivity contribution in [2.45, 2.75) is 50.4 Å². The first-order chi connectivity index (χ1) is 4.74. The molecule has 0 aromatic heterocycles. The molecule has 0 aromatic carbocycles. The van der Waals surface area contributed by atoms with E-state index in [0.29, 0.717) is 12.2 Å². The molecule has 2 aliphatic heterocycles. The number of ether oxygens (including phenoxy) is 1. The van der Waals surface area contributed by atoms with Crippen LogP contribution in [0.3, 0.4) is 0 Å². The van der Waals surface area contributed by atoms with E-state index in [1.165, 1.54) is 12.8 Å². The van der Waals surface area contributed by atoms with Crippen molar-refractivity contribution >= 4 is 0 Å². The summed E-state index contributed by atoms with van der Waals surface area (Å²) >= 11 is 0. The highest BCUT2D eigenvalue weighted by Gasteiger charge is 2.48. The maximum absolute atomic E-state index is 6.12. The van der Waals surface area contributed by atoms with Crippen LogP contribution in [-0.4, -0.2) is 17.7 Å². The van der Waals surface area contributed by atoms with Gasteiger partial charge in [-0.1, -0.05) is 6.92 Å². The minimum atomic E-state index is 0.0307. The van der Waals surface area contributed by atoms with E-state index in [0.717, 1.165) is 12.8 Å². The summed E-state index contributed by atoms with van der Waals surface area (Å²) in [4.78, 5) is 0. The number of nitrogens with two attached hydrogens (primary N) is 1. The maximum atomic E-state index is 6.12. The average Bonchev–Trinajstić information content (AvgIpc) is 2.46. The van der Waals surface area contributed by atoms with Gasteiger partial charge in [0, 0.05) is 5.54 Å². The molecule has 2 aliphatic rings. The van der Waals surface area contributed by atoms with Gasteiger partial charge in [-0.25, -0.2) is 0 Å². The first-order valence-corrected chi connectivity index (χ1v) is 4.19. The minimum Gasteiger partial charge on any atom is -0.373 e. The molecule has 2 rings (SSSR count). The molecule has 0 aromatic rings. The van der Waals surface area contributed by atoms with Gasteiger partial charge in [0.2, 0.25) is 0 Å². The highest BCUT2D eigenvalue weighted by atomic mass is 16.5. The molecule has 0 amide bonds. The molecule has 2 saturated heterocycles. The zero-order valence-corrected chi connectivity index (χ0v) is 6.47. The van der Waals surface area contributed by atoms with Gasteiger partial charge < -0.3 is 10.5 Å².